The summed E-state index contributed by atoms with van der Waals surface area (Å²) in [6.45, 7) is 5.98. The lowest BCUT2D eigenvalue weighted by molar-refractivity contribution is -0.118. The van der Waals surface area contributed by atoms with E-state index in [2.05, 4.69) is 11.9 Å². The van der Waals surface area contributed by atoms with Gasteiger partial charge in [-0.1, -0.05) is 24.8 Å². The monoisotopic (exact) mass is 217 g/mol. The Hall–Kier alpha value is -1.77. The van der Waals surface area contributed by atoms with Gasteiger partial charge >= 0.3 is 0 Å². The maximum atomic E-state index is 11.6. The SMILES string of the molecule is C=C(C)C(=O)NC1CCOc2ccccc21. The zero-order valence-corrected chi connectivity index (χ0v) is 9.32. The molecule has 1 aromatic rings. The van der Waals surface area contributed by atoms with Crippen LogP contribution in [0.1, 0.15) is 24.9 Å². The van der Waals surface area contributed by atoms with Crippen molar-refractivity contribution < 1.29 is 9.53 Å². The van der Waals surface area contributed by atoms with Gasteiger partial charge in [-0.15, -0.1) is 0 Å². The fraction of sp³-hybridized carbons (Fsp3) is 0.308. The standard InChI is InChI=1S/C13H15NO2/c1-9(2)13(15)14-11-7-8-16-12-6-4-3-5-10(11)12/h3-6,11H,1,7-8H2,2H3,(H,14,15). The molecule has 84 valence electrons. The molecular weight excluding hydrogens is 202 g/mol. The lowest BCUT2D eigenvalue weighted by Gasteiger charge is -2.26. The van der Waals surface area contributed by atoms with Gasteiger partial charge in [0.15, 0.2) is 0 Å². The van der Waals surface area contributed by atoms with Crippen molar-refractivity contribution in [1.29, 1.82) is 0 Å². The lowest BCUT2D eigenvalue weighted by Crippen LogP contribution is -2.32. The van der Waals surface area contributed by atoms with E-state index >= 15 is 0 Å². The number of hydrogen-bond acceptors (Lipinski definition) is 2. The number of nitrogens with one attached hydrogen (secondary N) is 1. The first-order chi connectivity index (χ1) is 7.68. The van der Waals surface area contributed by atoms with E-state index in [0.717, 1.165) is 17.7 Å². The minimum absolute atomic E-state index is 0.0362. The molecule has 1 aliphatic rings. The summed E-state index contributed by atoms with van der Waals surface area (Å²) in [7, 11) is 0. The van der Waals surface area contributed by atoms with E-state index in [-0.39, 0.29) is 11.9 Å². The highest BCUT2D eigenvalue weighted by molar-refractivity contribution is 5.92. The molecule has 16 heavy (non-hydrogen) atoms. The molecule has 0 saturated heterocycles. The number of carbonyl (C=O) groups excluding carboxylic acids is 1. The van der Waals surface area contributed by atoms with Gasteiger partial charge in [-0.2, -0.15) is 0 Å². The molecule has 3 nitrogen and oxygen atoms in total. The normalized spacial score (nSPS) is 18.2. The fourth-order valence-electron chi connectivity index (χ4n) is 1.77. The van der Waals surface area contributed by atoms with Crippen molar-refractivity contribution in [2.45, 2.75) is 19.4 Å². The van der Waals surface area contributed by atoms with Gasteiger partial charge in [-0.3, -0.25) is 4.79 Å². The van der Waals surface area contributed by atoms with Gasteiger partial charge in [-0.05, 0) is 13.0 Å². The van der Waals surface area contributed by atoms with Crippen molar-refractivity contribution in [2.75, 3.05) is 6.61 Å². The summed E-state index contributed by atoms with van der Waals surface area (Å²) in [5, 5.41) is 2.96. The molecule has 0 aliphatic carbocycles. The van der Waals surface area contributed by atoms with E-state index in [0.29, 0.717) is 12.2 Å². The molecule has 0 aromatic heterocycles. The first-order valence-corrected chi connectivity index (χ1v) is 5.36. The summed E-state index contributed by atoms with van der Waals surface area (Å²) in [4.78, 5) is 11.6. The van der Waals surface area contributed by atoms with Gasteiger partial charge < -0.3 is 10.1 Å². The van der Waals surface area contributed by atoms with Crippen LogP contribution in [0.25, 0.3) is 0 Å². The molecule has 1 N–H and O–H groups in total. The number of ether oxygens (including phenoxy) is 1. The van der Waals surface area contributed by atoms with Crippen molar-refractivity contribution in [3.05, 3.63) is 42.0 Å². The third kappa shape index (κ3) is 2.08. The van der Waals surface area contributed by atoms with Gasteiger partial charge in [0.25, 0.3) is 0 Å². The van der Waals surface area contributed by atoms with Crippen LogP contribution in [-0.4, -0.2) is 12.5 Å². The zero-order valence-electron chi connectivity index (χ0n) is 9.32. The minimum atomic E-state index is -0.0956. The third-order valence-corrected chi connectivity index (χ3v) is 2.65. The fourth-order valence-corrected chi connectivity index (χ4v) is 1.77. The highest BCUT2D eigenvalue weighted by Gasteiger charge is 2.22. The molecule has 1 heterocycles. The van der Waals surface area contributed by atoms with Crippen LogP contribution >= 0.6 is 0 Å². The highest BCUT2D eigenvalue weighted by atomic mass is 16.5. The van der Waals surface area contributed by atoms with E-state index in [9.17, 15) is 4.79 Å². The van der Waals surface area contributed by atoms with Crippen LogP contribution in [0.3, 0.4) is 0 Å². The number of para-hydroxylation sites is 1. The number of fused-ring (bicyclic) bond motifs is 1. The average Bonchev–Trinajstić information content (AvgIpc) is 2.29. The van der Waals surface area contributed by atoms with Crippen LogP contribution < -0.4 is 10.1 Å². The van der Waals surface area contributed by atoms with Crippen LogP contribution in [0.2, 0.25) is 0 Å². The maximum Gasteiger partial charge on any atom is 0.246 e. The molecule has 0 radical (unpaired) electrons. The summed E-state index contributed by atoms with van der Waals surface area (Å²) in [6.07, 6.45) is 0.802. The average molecular weight is 217 g/mol. The van der Waals surface area contributed by atoms with Crippen molar-refractivity contribution in [1.82, 2.24) is 5.32 Å². The second-order valence-corrected chi connectivity index (χ2v) is 3.98. The number of carbonyl (C=O) groups is 1. The van der Waals surface area contributed by atoms with Crippen molar-refractivity contribution >= 4 is 5.91 Å². The first-order valence-electron chi connectivity index (χ1n) is 5.36. The Balaban J connectivity index is 2.19. The Kier molecular flexibility index (Phi) is 2.95. The number of amides is 1. The molecule has 3 heteroatoms. The van der Waals surface area contributed by atoms with E-state index in [1.54, 1.807) is 6.92 Å². The quantitative estimate of drug-likeness (QED) is 0.771. The maximum absolute atomic E-state index is 11.6. The zero-order chi connectivity index (χ0) is 11.5. The largest absolute Gasteiger partial charge is 0.493 e. The van der Waals surface area contributed by atoms with Crippen LogP contribution in [0.4, 0.5) is 0 Å². The molecule has 1 aliphatic heterocycles. The second-order valence-electron chi connectivity index (χ2n) is 3.98. The van der Waals surface area contributed by atoms with Gasteiger partial charge in [0.05, 0.1) is 12.6 Å². The molecule has 1 amide bonds. The van der Waals surface area contributed by atoms with Crippen molar-refractivity contribution in [2.24, 2.45) is 0 Å². The van der Waals surface area contributed by atoms with E-state index in [1.165, 1.54) is 0 Å². The topological polar surface area (TPSA) is 38.3 Å². The molecule has 2 rings (SSSR count). The predicted molar refractivity (Wildman–Crippen MR) is 62.3 cm³/mol. The Bertz CT molecular complexity index is 426. The smallest absolute Gasteiger partial charge is 0.246 e. The van der Waals surface area contributed by atoms with Crippen LogP contribution in [-0.2, 0) is 4.79 Å². The summed E-state index contributed by atoms with van der Waals surface area (Å²) in [6, 6.07) is 7.83. The van der Waals surface area contributed by atoms with Crippen molar-refractivity contribution in [3.63, 3.8) is 0 Å². The Labute approximate surface area is 95.1 Å². The molecule has 1 atom stereocenters. The van der Waals surface area contributed by atoms with Gasteiger partial charge in [-0.25, -0.2) is 0 Å². The van der Waals surface area contributed by atoms with Gasteiger partial charge in [0, 0.05) is 17.6 Å². The molecule has 0 spiro atoms. The molecule has 1 unspecified atom stereocenters. The first kappa shape index (κ1) is 10.7. The van der Waals surface area contributed by atoms with Gasteiger partial charge in [0.1, 0.15) is 5.75 Å². The molecule has 0 saturated carbocycles. The molecule has 0 fully saturated rings. The van der Waals surface area contributed by atoms with E-state index in [4.69, 9.17) is 4.74 Å². The van der Waals surface area contributed by atoms with Crippen LogP contribution in [0.5, 0.6) is 5.75 Å². The Morgan fingerprint density at radius 2 is 2.25 bits per heavy atom. The minimum Gasteiger partial charge on any atom is -0.493 e. The number of hydrogen-bond donors (Lipinski definition) is 1. The van der Waals surface area contributed by atoms with Crippen molar-refractivity contribution in [3.8, 4) is 5.75 Å². The molecular formula is C13H15NO2. The molecule has 0 bridgehead atoms. The van der Waals surface area contributed by atoms with E-state index < -0.39 is 0 Å². The second kappa shape index (κ2) is 4.39. The van der Waals surface area contributed by atoms with Gasteiger partial charge in [0.2, 0.25) is 5.91 Å². The summed E-state index contributed by atoms with van der Waals surface area (Å²) in [5.74, 6) is 0.766. The Morgan fingerprint density at radius 1 is 1.50 bits per heavy atom. The van der Waals surface area contributed by atoms with Crippen LogP contribution in [0, 0.1) is 0 Å². The number of rotatable bonds is 2. The van der Waals surface area contributed by atoms with Crippen LogP contribution in [0.15, 0.2) is 36.4 Å². The highest BCUT2D eigenvalue weighted by Crippen LogP contribution is 2.31. The predicted octanol–water partition coefficient (Wildman–Crippen LogP) is 2.20. The van der Waals surface area contributed by atoms with E-state index in [1.807, 2.05) is 24.3 Å². The third-order valence-electron chi connectivity index (χ3n) is 2.65. The molecule has 1 aromatic carbocycles. The Morgan fingerprint density at radius 3 is 3.00 bits per heavy atom. The lowest BCUT2D eigenvalue weighted by atomic mass is 10.0. The summed E-state index contributed by atoms with van der Waals surface area (Å²) >= 11 is 0. The summed E-state index contributed by atoms with van der Waals surface area (Å²) in [5.41, 5.74) is 1.58. The number of benzene rings is 1. The summed E-state index contributed by atoms with van der Waals surface area (Å²) < 4.78 is 5.52.